The van der Waals surface area contributed by atoms with Gasteiger partial charge in [0.05, 0.1) is 0 Å². The summed E-state index contributed by atoms with van der Waals surface area (Å²) in [6.45, 7) is 2.12. The second-order valence-electron chi connectivity index (χ2n) is 2.31. The largest absolute Gasteiger partial charge is 0.140 e. The SMILES string of the molecule is Cc1cc2ccc[c]c2s1. The second kappa shape index (κ2) is 2.10. The molecule has 2 rings (SSSR count). The molecule has 1 heteroatoms. The Morgan fingerprint density at radius 1 is 1.50 bits per heavy atom. The Morgan fingerprint density at radius 3 is 3.20 bits per heavy atom. The minimum absolute atomic E-state index is 1.26. The first-order valence-corrected chi connectivity index (χ1v) is 4.05. The molecular formula is C9H7S. The van der Waals surface area contributed by atoms with Gasteiger partial charge in [0.2, 0.25) is 0 Å². The van der Waals surface area contributed by atoms with Crippen molar-refractivity contribution in [3.05, 3.63) is 35.2 Å². The van der Waals surface area contributed by atoms with E-state index in [1.54, 1.807) is 11.3 Å². The highest BCUT2D eigenvalue weighted by Gasteiger charge is 1.94. The molecule has 2 aromatic rings. The zero-order chi connectivity index (χ0) is 6.97. The summed E-state index contributed by atoms with van der Waals surface area (Å²) in [6.07, 6.45) is 0. The van der Waals surface area contributed by atoms with Crippen LogP contribution in [0.4, 0.5) is 0 Å². The Bertz CT molecular complexity index is 313. The number of aryl methyl sites for hydroxylation is 1. The van der Waals surface area contributed by atoms with E-state index < -0.39 is 0 Å². The lowest BCUT2D eigenvalue weighted by atomic mass is 10.2. The third-order valence-electron chi connectivity index (χ3n) is 1.47. The van der Waals surface area contributed by atoms with Crippen LogP contribution in [0.3, 0.4) is 0 Å². The summed E-state index contributed by atoms with van der Waals surface area (Å²) in [4.78, 5) is 1.36. The fourth-order valence-corrected chi connectivity index (χ4v) is 1.93. The quantitative estimate of drug-likeness (QED) is 0.537. The zero-order valence-electron chi connectivity index (χ0n) is 5.72. The van der Waals surface area contributed by atoms with Crippen LogP contribution in [-0.2, 0) is 0 Å². The molecule has 0 saturated heterocycles. The average molecular weight is 147 g/mol. The van der Waals surface area contributed by atoms with Crippen molar-refractivity contribution in [1.82, 2.24) is 0 Å². The maximum Gasteiger partial charge on any atom is 0.0424 e. The number of hydrogen-bond donors (Lipinski definition) is 0. The van der Waals surface area contributed by atoms with Gasteiger partial charge in [0.25, 0.3) is 0 Å². The summed E-state index contributed by atoms with van der Waals surface area (Å²) >= 11 is 1.80. The molecule has 0 aliphatic rings. The highest BCUT2D eigenvalue weighted by Crippen LogP contribution is 2.23. The maximum absolute atomic E-state index is 3.19. The Labute approximate surface area is 64.1 Å². The lowest BCUT2D eigenvalue weighted by Gasteiger charge is -1.81. The topological polar surface area (TPSA) is 0 Å². The molecule has 10 heavy (non-hydrogen) atoms. The van der Waals surface area contributed by atoms with Gasteiger partial charge in [0, 0.05) is 15.6 Å². The summed E-state index contributed by atoms with van der Waals surface area (Å²) in [5, 5.41) is 1.31. The summed E-state index contributed by atoms with van der Waals surface area (Å²) < 4.78 is 1.26. The monoisotopic (exact) mass is 147 g/mol. The number of thiophene rings is 1. The fraction of sp³-hybridized carbons (Fsp3) is 0.111. The van der Waals surface area contributed by atoms with Gasteiger partial charge in [0.1, 0.15) is 0 Å². The van der Waals surface area contributed by atoms with Crippen LogP contribution < -0.4 is 0 Å². The predicted octanol–water partition coefficient (Wildman–Crippen LogP) is 3.01. The van der Waals surface area contributed by atoms with E-state index in [0.29, 0.717) is 0 Å². The number of hydrogen-bond acceptors (Lipinski definition) is 1. The summed E-state index contributed by atoms with van der Waals surface area (Å²) in [6, 6.07) is 11.5. The van der Waals surface area contributed by atoms with Crippen molar-refractivity contribution in [2.45, 2.75) is 6.92 Å². The predicted molar refractivity (Wildman–Crippen MR) is 45.4 cm³/mol. The zero-order valence-corrected chi connectivity index (χ0v) is 6.53. The van der Waals surface area contributed by atoms with E-state index in [1.165, 1.54) is 15.0 Å². The minimum Gasteiger partial charge on any atom is -0.140 e. The van der Waals surface area contributed by atoms with Crippen LogP contribution in [0, 0.1) is 13.0 Å². The summed E-state index contributed by atoms with van der Waals surface area (Å²) in [5.74, 6) is 0. The van der Waals surface area contributed by atoms with Crippen molar-refractivity contribution >= 4 is 21.4 Å². The molecule has 49 valence electrons. The molecule has 1 heterocycles. The van der Waals surface area contributed by atoms with E-state index in [2.05, 4.69) is 25.1 Å². The van der Waals surface area contributed by atoms with Gasteiger partial charge in [-0.3, -0.25) is 0 Å². The van der Waals surface area contributed by atoms with Crippen LogP contribution >= 0.6 is 11.3 Å². The molecular weight excluding hydrogens is 140 g/mol. The van der Waals surface area contributed by atoms with E-state index in [1.807, 2.05) is 12.1 Å². The highest BCUT2D eigenvalue weighted by atomic mass is 32.1. The van der Waals surface area contributed by atoms with E-state index in [0.717, 1.165) is 0 Å². The van der Waals surface area contributed by atoms with Crippen molar-refractivity contribution in [3.63, 3.8) is 0 Å². The van der Waals surface area contributed by atoms with Crippen molar-refractivity contribution < 1.29 is 0 Å². The van der Waals surface area contributed by atoms with Crippen LogP contribution in [0.2, 0.25) is 0 Å². The molecule has 0 atom stereocenters. The fourth-order valence-electron chi connectivity index (χ4n) is 1.05. The molecule has 0 aliphatic carbocycles. The van der Waals surface area contributed by atoms with E-state index >= 15 is 0 Å². The first-order chi connectivity index (χ1) is 4.86. The normalized spacial score (nSPS) is 10.5. The maximum atomic E-state index is 3.19. The van der Waals surface area contributed by atoms with Gasteiger partial charge in [-0.1, -0.05) is 18.2 Å². The molecule has 0 fully saturated rings. The molecule has 0 aliphatic heterocycles. The summed E-state index contributed by atoms with van der Waals surface area (Å²) in [5.41, 5.74) is 0. The van der Waals surface area contributed by atoms with Crippen molar-refractivity contribution in [2.75, 3.05) is 0 Å². The lowest BCUT2D eigenvalue weighted by Crippen LogP contribution is -1.57. The first-order valence-electron chi connectivity index (χ1n) is 3.23. The Balaban J connectivity index is 2.88. The van der Waals surface area contributed by atoms with E-state index in [9.17, 15) is 0 Å². The van der Waals surface area contributed by atoms with Crippen molar-refractivity contribution in [3.8, 4) is 0 Å². The lowest BCUT2D eigenvalue weighted by molar-refractivity contribution is 1.65. The van der Waals surface area contributed by atoms with Gasteiger partial charge in [-0.15, -0.1) is 11.3 Å². The Morgan fingerprint density at radius 2 is 2.40 bits per heavy atom. The minimum atomic E-state index is 1.26. The van der Waals surface area contributed by atoms with Gasteiger partial charge >= 0.3 is 0 Å². The van der Waals surface area contributed by atoms with Gasteiger partial charge in [-0.05, 0) is 18.4 Å². The number of fused-ring (bicyclic) bond motifs is 1. The molecule has 0 unspecified atom stereocenters. The number of rotatable bonds is 0. The molecule has 0 nitrogen and oxygen atoms in total. The van der Waals surface area contributed by atoms with Crippen molar-refractivity contribution in [1.29, 1.82) is 0 Å². The highest BCUT2D eigenvalue weighted by molar-refractivity contribution is 7.18. The average Bonchev–Trinajstić information content (AvgIpc) is 2.27. The van der Waals surface area contributed by atoms with Gasteiger partial charge in [0.15, 0.2) is 0 Å². The van der Waals surface area contributed by atoms with E-state index in [4.69, 9.17) is 0 Å². The van der Waals surface area contributed by atoms with Crippen LogP contribution in [0.25, 0.3) is 10.1 Å². The molecule has 1 radical (unpaired) electrons. The molecule has 0 spiro atoms. The number of benzene rings is 1. The van der Waals surface area contributed by atoms with Crippen LogP contribution in [0.5, 0.6) is 0 Å². The van der Waals surface area contributed by atoms with Crippen LogP contribution in [-0.4, -0.2) is 0 Å². The van der Waals surface area contributed by atoms with Gasteiger partial charge in [-0.25, -0.2) is 0 Å². The van der Waals surface area contributed by atoms with Crippen LogP contribution in [0.1, 0.15) is 4.88 Å². The second-order valence-corrected chi connectivity index (χ2v) is 3.57. The molecule has 0 bridgehead atoms. The summed E-state index contributed by atoms with van der Waals surface area (Å²) in [7, 11) is 0. The van der Waals surface area contributed by atoms with Crippen LogP contribution in [0.15, 0.2) is 24.3 Å². The first kappa shape index (κ1) is 5.93. The standard InChI is InChI=1S/C9H7S/c1-7-6-8-4-2-3-5-9(8)10-7/h2-4,6H,1H3. The van der Waals surface area contributed by atoms with Gasteiger partial charge < -0.3 is 0 Å². The molecule has 1 aromatic heterocycles. The molecule has 0 saturated carbocycles. The third-order valence-corrected chi connectivity index (χ3v) is 2.47. The Hall–Kier alpha value is -0.820. The Kier molecular flexibility index (Phi) is 1.24. The molecule has 0 amide bonds. The van der Waals surface area contributed by atoms with E-state index in [-0.39, 0.29) is 0 Å². The smallest absolute Gasteiger partial charge is 0.0424 e. The molecule has 1 aromatic carbocycles. The van der Waals surface area contributed by atoms with Crippen molar-refractivity contribution in [2.24, 2.45) is 0 Å². The molecule has 0 N–H and O–H groups in total. The van der Waals surface area contributed by atoms with Gasteiger partial charge in [-0.2, -0.15) is 0 Å². The third kappa shape index (κ3) is 0.830.